The van der Waals surface area contributed by atoms with E-state index in [1.807, 2.05) is 12.1 Å². The van der Waals surface area contributed by atoms with Gasteiger partial charge in [0.05, 0.1) is 0 Å². The predicted molar refractivity (Wildman–Crippen MR) is 61.2 cm³/mol. The molecule has 16 heavy (non-hydrogen) atoms. The van der Waals surface area contributed by atoms with Gasteiger partial charge in [-0.05, 0) is 30.0 Å². The van der Waals surface area contributed by atoms with Gasteiger partial charge in [-0.25, -0.2) is 0 Å². The molecule has 0 amide bonds. The van der Waals surface area contributed by atoms with Crippen molar-refractivity contribution in [2.75, 3.05) is 0 Å². The zero-order valence-corrected chi connectivity index (χ0v) is 9.22. The Kier molecular flexibility index (Phi) is 3.05. The molecule has 1 aliphatic carbocycles. The van der Waals surface area contributed by atoms with Crippen molar-refractivity contribution in [2.24, 2.45) is 16.8 Å². The summed E-state index contributed by atoms with van der Waals surface area (Å²) in [6.07, 6.45) is 2.92. The molecule has 1 aromatic rings. The van der Waals surface area contributed by atoms with Crippen LogP contribution < -0.4 is 11.1 Å². The Labute approximate surface area is 94.4 Å². The van der Waals surface area contributed by atoms with Crippen molar-refractivity contribution >= 4 is 5.84 Å². The summed E-state index contributed by atoms with van der Waals surface area (Å²) in [5.74, 6) is 0.826. The van der Waals surface area contributed by atoms with Gasteiger partial charge < -0.3 is 16.3 Å². The van der Waals surface area contributed by atoms with Crippen LogP contribution in [0.2, 0.25) is 0 Å². The first-order valence-electron chi connectivity index (χ1n) is 5.37. The number of pyridine rings is 1. The van der Waals surface area contributed by atoms with Crippen LogP contribution >= 0.6 is 0 Å². The molecule has 0 radical (unpaired) electrons. The molecule has 0 bridgehead atoms. The third-order valence-electron chi connectivity index (χ3n) is 2.87. The van der Waals surface area contributed by atoms with Crippen molar-refractivity contribution in [1.82, 2.24) is 10.3 Å². The lowest BCUT2D eigenvalue weighted by Crippen LogP contribution is -2.19. The monoisotopic (exact) mass is 220 g/mol. The van der Waals surface area contributed by atoms with Crippen molar-refractivity contribution in [2.45, 2.75) is 25.9 Å². The van der Waals surface area contributed by atoms with E-state index in [0.717, 1.165) is 18.0 Å². The second-order valence-electron chi connectivity index (χ2n) is 4.23. The molecule has 2 rings (SSSR count). The molecule has 1 aliphatic rings. The average Bonchev–Trinajstić information content (AvgIpc) is 3.02. The van der Waals surface area contributed by atoms with Gasteiger partial charge in [0, 0.05) is 18.8 Å². The van der Waals surface area contributed by atoms with Crippen LogP contribution in [0.4, 0.5) is 0 Å². The van der Waals surface area contributed by atoms with E-state index in [2.05, 4.69) is 22.4 Å². The number of nitrogens with one attached hydrogen (secondary N) is 1. The third kappa shape index (κ3) is 2.49. The summed E-state index contributed by atoms with van der Waals surface area (Å²) >= 11 is 0. The molecule has 5 nitrogen and oxygen atoms in total. The first-order chi connectivity index (χ1) is 7.70. The number of hydrogen-bond donors (Lipinski definition) is 3. The standard InChI is InChI=1S/C11H16N4O/c1-7-4-9(7)14-6-8-2-3-13-10(5-8)11(12)15-16/h2-3,5,7,9,14,16H,4,6H2,1H3,(H2,12,15). The minimum Gasteiger partial charge on any atom is -0.409 e. The highest BCUT2D eigenvalue weighted by Gasteiger charge is 2.31. The van der Waals surface area contributed by atoms with Gasteiger partial charge in [0.25, 0.3) is 0 Å². The van der Waals surface area contributed by atoms with Crippen LogP contribution in [0.3, 0.4) is 0 Å². The number of hydrogen-bond acceptors (Lipinski definition) is 4. The number of aromatic nitrogens is 1. The quantitative estimate of drug-likeness (QED) is 0.301. The summed E-state index contributed by atoms with van der Waals surface area (Å²) < 4.78 is 0. The first kappa shape index (κ1) is 10.9. The second kappa shape index (κ2) is 4.49. The van der Waals surface area contributed by atoms with Gasteiger partial charge in [-0.2, -0.15) is 0 Å². The first-order valence-corrected chi connectivity index (χ1v) is 5.37. The van der Waals surface area contributed by atoms with Crippen molar-refractivity contribution in [3.8, 4) is 0 Å². The number of nitrogens with zero attached hydrogens (tertiary/aromatic N) is 2. The van der Waals surface area contributed by atoms with E-state index in [1.54, 1.807) is 6.20 Å². The summed E-state index contributed by atoms with van der Waals surface area (Å²) in [7, 11) is 0. The van der Waals surface area contributed by atoms with Crippen LogP contribution in [-0.2, 0) is 6.54 Å². The average molecular weight is 220 g/mol. The molecule has 1 fully saturated rings. The summed E-state index contributed by atoms with van der Waals surface area (Å²) in [4.78, 5) is 4.02. The molecular formula is C11H16N4O. The Morgan fingerprint density at radius 3 is 3.12 bits per heavy atom. The minimum atomic E-state index is 0.0432. The fraction of sp³-hybridized carbons (Fsp3) is 0.455. The zero-order valence-electron chi connectivity index (χ0n) is 9.22. The highest BCUT2D eigenvalue weighted by molar-refractivity contribution is 5.95. The number of nitrogens with two attached hydrogens (primary N) is 1. The molecule has 0 spiro atoms. The molecule has 2 atom stereocenters. The molecule has 0 saturated heterocycles. The van der Waals surface area contributed by atoms with E-state index in [-0.39, 0.29) is 5.84 Å². The fourth-order valence-corrected chi connectivity index (χ4v) is 1.63. The van der Waals surface area contributed by atoms with Crippen molar-refractivity contribution in [3.63, 3.8) is 0 Å². The summed E-state index contributed by atoms with van der Waals surface area (Å²) in [5, 5.41) is 14.9. The van der Waals surface area contributed by atoms with Gasteiger partial charge in [0.1, 0.15) is 5.69 Å². The molecule has 1 heterocycles. The Balaban J connectivity index is 1.98. The number of amidine groups is 1. The highest BCUT2D eigenvalue weighted by atomic mass is 16.4. The predicted octanol–water partition coefficient (Wildman–Crippen LogP) is 0.674. The minimum absolute atomic E-state index is 0.0432. The van der Waals surface area contributed by atoms with Crippen LogP contribution in [0.5, 0.6) is 0 Å². The normalized spacial score (nSPS) is 24.4. The molecule has 0 aromatic carbocycles. The van der Waals surface area contributed by atoms with E-state index in [9.17, 15) is 0 Å². The van der Waals surface area contributed by atoms with Gasteiger partial charge in [-0.3, -0.25) is 4.98 Å². The maximum absolute atomic E-state index is 8.55. The molecule has 1 aromatic heterocycles. The summed E-state index contributed by atoms with van der Waals surface area (Å²) in [6, 6.07) is 4.39. The van der Waals surface area contributed by atoms with Crippen molar-refractivity contribution < 1.29 is 5.21 Å². The van der Waals surface area contributed by atoms with Crippen LogP contribution in [0.25, 0.3) is 0 Å². The summed E-state index contributed by atoms with van der Waals surface area (Å²) in [6.45, 7) is 3.02. The molecule has 86 valence electrons. The van der Waals surface area contributed by atoms with E-state index in [0.29, 0.717) is 11.7 Å². The molecule has 0 aliphatic heterocycles. The van der Waals surface area contributed by atoms with E-state index >= 15 is 0 Å². The second-order valence-corrected chi connectivity index (χ2v) is 4.23. The maximum Gasteiger partial charge on any atom is 0.188 e. The highest BCUT2D eigenvalue weighted by Crippen LogP contribution is 2.29. The van der Waals surface area contributed by atoms with E-state index < -0.39 is 0 Å². The lowest BCUT2D eigenvalue weighted by Gasteiger charge is -2.05. The van der Waals surface area contributed by atoms with Gasteiger partial charge in [-0.15, -0.1) is 0 Å². The summed E-state index contributed by atoms with van der Waals surface area (Å²) in [5.41, 5.74) is 7.07. The molecule has 1 saturated carbocycles. The zero-order chi connectivity index (χ0) is 11.5. The molecular weight excluding hydrogens is 204 g/mol. The van der Waals surface area contributed by atoms with Gasteiger partial charge in [0.2, 0.25) is 0 Å². The maximum atomic E-state index is 8.55. The van der Waals surface area contributed by atoms with Gasteiger partial charge >= 0.3 is 0 Å². The number of oxime groups is 1. The topological polar surface area (TPSA) is 83.5 Å². The van der Waals surface area contributed by atoms with E-state index in [4.69, 9.17) is 10.9 Å². The Hall–Kier alpha value is -1.62. The van der Waals surface area contributed by atoms with Crippen LogP contribution in [0, 0.1) is 5.92 Å². The third-order valence-corrected chi connectivity index (χ3v) is 2.87. The molecule has 5 heteroatoms. The Morgan fingerprint density at radius 1 is 1.75 bits per heavy atom. The molecule has 2 unspecified atom stereocenters. The van der Waals surface area contributed by atoms with Gasteiger partial charge in [0.15, 0.2) is 5.84 Å². The van der Waals surface area contributed by atoms with Crippen molar-refractivity contribution in [3.05, 3.63) is 29.6 Å². The van der Waals surface area contributed by atoms with Crippen LogP contribution in [0.15, 0.2) is 23.5 Å². The SMILES string of the molecule is CC1CC1NCc1ccnc(C(N)=NO)c1. The lowest BCUT2D eigenvalue weighted by atomic mass is 10.2. The largest absolute Gasteiger partial charge is 0.409 e. The van der Waals surface area contributed by atoms with Crippen LogP contribution in [-0.4, -0.2) is 22.1 Å². The van der Waals surface area contributed by atoms with E-state index in [1.165, 1.54) is 6.42 Å². The number of rotatable bonds is 4. The van der Waals surface area contributed by atoms with Crippen molar-refractivity contribution in [1.29, 1.82) is 0 Å². The smallest absolute Gasteiger partial charge is 0.188 e. The fourth-order valence-electron chi connectivity index (χ4n) is 1.63. The lowest BCUT2D eigenvalue weighted by molar-refractivity contribution is 0.318. The van der Waals surface area contributed by atoms with Gasteiger partial charge in [-0.1, -0.05) is 12.1 Å². The Bertz CT molecular complexity index is 405. The molecule has 4 N–H and O–H groups in total. The van der Waals surface area contributed by atoms with Crippen LogP contribution in [0.1, 0.15) is 24.6 Å². The Morgan fingerprint density at radius 2 is 2.50 bits per heavy atom.